The number of carbonyl (C=O) groups excluding carboxylic acids is 2. The lowest BCUT2D eigenvalue weighted by atomic mass is 9.85. The van der Waals surface area contributed by atoms with Crippen molar-refractivity contribution in [2.75, 3.05) is 13.1 Å². The van der Waals surface area contributed by atoms with Gasteiger partial charge in [0.1, 0.15) is 5.54 Å². The first kappa shape index (κ1) is 28.1. The molecule has 2 fully saturated rings. The van der Waals surface area contributed by atoms with Crippen molar-refractivity contribution in [1.82, 2.24) is 9.80 Å². The molecule has 2 amide bonds. The molecule has 1 saturated carbocycles. The maximum atomic E-state index is 13.8. The number of aliphatic hydroxyl groups excluding tert-OH is 1. The number of unbranched alkanes of at least 4 members (excludes halogenated alkanes) is 3. The van der Waals surface area contributed by atoms with Crippen LogP contribution in [0, 0.1) is 17.8 Å². The Balaban J connectivity index is 1.66. The first-order chi connectivity index (χ1) is 17.8. The van der Waals surface area contributed by atoms with Gasteiger partial charge in [-0.3, -0.25) is 14.5 Å². The third kappa shape index (κ3) is 5.21. The van der Waals surface area contributed by atoms with Crippen LogP contribution < -0.4 is 5.73 Å². The van der Waals surface area contributed by atoms with Gasteiger partial charge in [0.2, 0.25) is 11.8 Å². The Hall–Kier alpha value is -1.92. The fourth-order valence-electron chi connectivity index (χ4n) is 7.48. The molecule has 1 aliphatic heterocycles. The number of carbonyl (C=O) groups is 2. The number of fused-ring (bicyclic) bond motifs is 3. The highest BCUT2D eigenvalue weighted by Gasteiger charge is 2.55. The van der Waals surface area contributed by atoms with Crippen molar-refractivity contribution in [2.24, 2.45) is 23.5 Å². The number of hydrogen-bond donors (Lipinski definition) is 2. The second kappa shape index (κ2) is 11.9. The maximum Gasteiger partial charge on any atom is 0.243 e. The Morgan fingerprint density at radius 1 is 1.11 bits per heavy atom. The summed E-state index contributed by atoms with van der Waals surface area (Å²) in [6.45, 7) is 9.86. The highest BCUT2D eigenvalue weighted by atomic mass is 16.3. The first-order valence-corrected chi connectivity index (χ1v) is 14.9. The molecule has 6 atom stereocenters. The van der Waals surface area contributed by atoms with Crippen molar-refractivity contribution >= 4 is 11.8 Å². The average molecular weight is 512 g/mol. The van der Waals surface area contributed by atoms with Gasteiger partial charge in [-0.1, -0.05) is 83.6 Å². The van der Waals surface area contributed by atoms with Crippen LogP contribution in [0.15, 0.2) is 24.3 Å². The van der Waals surface area contributed by atoms with E-state index in [9.17, 15) is 14.7 Å². The van der Waals surface area contributed by atoms with Crippen LogP contribution in [0.5, 0.6) is 0 Å². The van der Waals surface area contributed by atoms with Gasteiger partial charge in [-0.2, -0.15) is 0 Å². The fraction of sp³-hybridized carbons (Fsp3) is 0.742. The van der Waals surface area contributed by atoms with E-state index in [1.54, 1.807) is 0 Å². The minimum absolute atomic E-state index is 0.00838. The van der Waals surface area contributed by atoms with Crippen LogP contribution >= 0.6 is 0 Å². The van der Waals surface area contributed by atoms with Gasteiger partial charge in [-0.15, -0.1) is 0 Å². The van der Waals surface area contributed by atoms with Gasteiger partial charge in [0.25, 0.3) is 0 Å². The van der Waals surface area contributed by atoms with Gasteiger partial charge in [0.15, 0.2) is 0 Å². The molecule has 0 spiro atoms. The van der Waals surface area contributed by atoms with Crippen LogP contribution in [0.4, 0.5) is 0 Å². The van der Waals surface area contributed by atoms with Crippen molar-refractivity contribution in [3.05, 3.63) is 35.4 Å². The van der Waals surface area contributed by atoms with Crippen LogP contribution in [0.1, 0.15) is 115 Å². The molecule has 6 nitrogen and oxygen atoms in total. The largest absolute Gasteiger partial charge is 0.388 e. The Morgan fingerprint density at radius 2 is 1.78 bits per heavy atom. The number of amides is 2. The molecule has 1 saturated heterocycles. The average Bonchev–Trinajstić information content (AvgIpc) is 3.61. The van der Waals surface area contributed by atoms with E-state index in [2.05, 4.69) is 36.9 Å². The number of nitrogens with zero attached hydrogens (tertiary/aromatic N) is 2. The molecule has 5 unspecified atom stereocenters. The Labute approximate surface area is 224 Å². The van der Waals surface area contributed by atoms with Crippen molar-refractivity contribution in [2.45, 2.75) is 116 Å². The zero-order chi connectivity index (χ0) is 26.7. The summed E-state index contributed by atoms with van der Waals surface area (Å²) in [5, 5.41) is 11.6. The SMILES string of the molecule is CCCCCCC(C)N1CC(CN(C(=O)C(C)CC)C2(C(N)=O)CCCC2)C2C(O)c3ccccc3[C@@H]21. The Bertz CT molecular complexity index is 943. The molecule has 1 aromatic carbocycles. The van der Waals surface area contributed by atoms with E-state index in [0.717, 1.165) is 37.8 Å². The highest BCUT2D eigenvalue weighted by Crippen LogP contribution is 2.56. The summed E-state index contributed by atoms with van der Waals surface area (Å²) in [5.41, 5.74) is 7.41. The van der Waals surface area contributed by atoms with Gasteiger partial charge in [0.05, 0.1) is 6.10 Å². The van der Waals surface area contributed by atoms with Gasteiger partial charge >= 0.3 is 0 Å². The molecule has 0 aromatic heterocycles. The lowest BCUT2D eigenvalue weighted by Crippen LogP contribution is -2.60. The van der Waals surface area contributed by atoms with E-state index in [0.29, 0.717) is 25.4 Å². The predicted molar refractivity (Wildman–Crippen MR) is 148 cm³/mol. The normalized spacial score (nSPS) is 28.0. The van der Waals surface area contributed by atoms with Crippen molar-refractivity contribution in [1.29, 1.82) is 0 Å². The molecule has 206 valence electrons. The molecular weight excluding hydrogens is 462 g/mol. The number of primary amides is 1. The molecule has 0 radical (unpaired) electrons. The minimum Gasteiger partial charge on any atom is -0.388 e. The van der Waals surface area contributed by atoms with Crippen LogP contribution in [0.25, 0.3) is 0 Å². The van der Waals surface area contributed by atoms with E-state index in [1.165, 1.54) is 31.2 Å². The molecule has 0 bridgehead atoms. The summed E-state index contributed by atoms with van der Waals surface area (Å²) in [4.78, 5) is 31.2. The standard InChI is InChI=1S/C31H49N3O3/c1-5-7-8-9-14-22(4)33-19-23(26-27(33)24-15-10-11-16-25(24)28(26)35)20-34(29(36)21(3)6-2)31(30(32)37)17-12-13-18-31/h10-11,15-16,21-23,26-28,35H,5-9,12-14,17-20H2,1-4H3,(H2,32,37)/t21?,22?,23?,26?,27-,28?/m0/s1. The highest BCUT2D eigenvalue weighted by molar-refractivity contribution is 5.91. The first-order valence-electron chi connectivity index (χ1n) is 14.9. The monoisotopic (exact) mass is 511 g/mol. The lowest BCUT2D eigenvalue weighted by Gasteiger charge is -2.42. The number of rotatable bonds is 12. The van der Waals surface area contributed by atoms with Gasteiger partial charge < -0.3 is 15.7 Å². The smallest absolute Gasteiger partial charge is 0.243 e. The summed E-state index contributed by atoms with van der Waals surface area (Å²) >= 11 is 0. The van der Waals surface area contributed by atoms with Crippen molar-refractivity contribution in [3.63, 3.8) is 0 Å². The molecule has 6 heteroatoms. The zero-order valence-corrected chi connectivity index (χ0v) is 23.5. The van der Waals surface area contributed by atoms with Crippen LogP contribution in [0.3, 0.4) is 0 Å². The third-order valence-electron chi connectivity index (χ3n) is 9.87. The topological polar surface area (TPSA) is 86.9 Å². The number of nitrogens with two attached hydrogens (primary N) is 1. The van der Waals surface area contributed by atoms with E-state index >= 15 is 0 Å². The predicted octanol–water partition coefficient (Wildman–Crippen LogP) is 5.35. The van der Waals surface area contributed by atoms with Gasteiger partial charge in [-0.25, -0.2) is 0 Å². The molecular formula is C31H49N3O3. The summed E-state index contributed by atoms with van der Waals surface area (Å²) < 4.78 is 0. The van der Waals surface area contributed by atoms with Crippen molar-refractivity contribution in [3.8, 4) is 0 Å². The fourth-order valence-corrected chi connectivity index (χ4v) is 7.48. The zero-order valence-electron chi connectivity index (χ0n) is 23.5. The number of benzene rings is 1. The Kier molecular flexibility index (Phi) is 9.00. The number of aliphatic hydroxyl groups is 1. The molecule has 1 heterocycles. The van der Waals surface area contributed by atoms with E-state index in [4.69, 9.17) is 5.73 Å². The van der Waals surface area contributed by atoms with Crippen LogP contribution in [-0.4, -0.2) is 51.4 Å². The summed E-state index contributed by atoms with van der Waals surface area (Å²) in [6, 6.07) is 8.85. The van der Waals surface area contributed by atoms with E-state index < -0.39 is 11.6 Å². The van der Waals surface area contributed by atoms with E-state index in [1.807, 2.05) is 24.8 Å². The van der Waals surface area contributed by atoms with E-state index in [-0.39, 0.29) is 35.6 Å². The third-order valence-corrected chi connectivity index (χ3v) is 9.87. The second-order valence-corrected chi connectivity index (χ2v) is 12.1. The quantitative estimate of drug-likeness (QED) is 0.370. The van der Waals surface area contributed by atoms with Crippen molar-refractivity contribution < 1.29 is 14.7 Å². The molecule has 37 heavy (non-hydrogen) atoms. The van der Waals surface area contributed by atoms with Crippen LogP contribution in [0.2, 0.25) is 0 Å². The second-order valence-electron chi connectivity index (χ2n) is 12.1. The Morgan fingerprint density at radius 3 is 2.41 bits per heavy atom. The minimum atomic E-state index is -0.897. The summed E-state index contributed by atoms with van der Waals surface area (Å²) in [7, 11) is 0. The van der Waals surface area contributed by atoms with Gasteiger partial charge in [-0.05, 0) is 49.7 Å². The summed E-state index contributed by atoms with van der Waals surface area (Å²) in [6.07, 6.45) is 9.39. The molecule has 1 aromatic rings. The molecule has 2 aliphatic carbocycles. The van der Waals surface area contributed by atoms with Gasteiger partial charge in [0, 0.05) is 37.0 Å². The lowest BCUT2D eigenvalue weighted by molar-refractivity contribution is -0.150. The molecule has 3 aliphatic rings. The number of hydrogen-bond acceptors (Lipinski definition) is 4. The molecule has 4 rings (SSSR count). The molecule has 3 N–H and O–H groups in total. The van der Waals surface area contributed by atoms with Crippen LogP contribution in [-0.2, 0) is 9.59 Å². The number of likely N-dealkylation sites (tertiary alicyclic amines) is 1. The maximum absolute atomic E-state index is 13.8. The summed E-state index contributed by atoms with van der Waals surface area (Å²) in [5.74, 6) is -0.402.